The molecule has 3 rings (SSSR count). The number of rotatable bonds is 4. The fourth-order valence-electron chi connectivity index (χ4n) is 4.94. The van der Waals surface area contributed by atoms with Crippen LogP contribution in [-0.4, -0.2) is 125 Å². The lowest BCUT2D eigenvalue weighted by Gasteiger charge is -2.54. The van der Waals surface area contributed by atoms with Crippen molar-refractivity contribution in [3.05, 3.63) is 0 Å². The van der Waals surface area contributed by atoms with Crippen molar-refractivity contribution in [1.29, 1.82) is 0 Å². The fraction of sp³-hybridized carbons (Fsp3) is 0.900. The van der Waals surface area contributed by atoms with Gasteiger partial charge in [-0.05, 0) is 0 Å². The number of piperazine rings is 3. The molecule has 2 N–H and O–H groups in total. The Morgan fingerprint density at radius 2 is 0.935 bits per heavy atom. The molecule has 0 radical (unpaired) electrons. The van der Waals surface area contributed by atoms with Gasteiger partial charge in [-0.1, -0.05) is 45.7 Å². The van der Waals surface area contributed by atoms with E-state index in [-0.39, 0.29) is 42.1 Å². The Morgan fingerprint density at radius 1 is 0.677 bits per heavy atom. The number of nitrogens with zero attached hydrogens (tertiary/aromatic N) is 4. The molecule has 2 unspecified atom stereocenters. The molecule has 2 spiro atoms. The largest absolute Gasteiger partial charge is 1.00 e. The molecule has 0 aromatic heterocycles. The lowest BCUT2D eigenvalue weighted by molar-refractivity contribution is -1.03. The molecule has 2 amide bonds. The minimum Gasteiger partial charge on any atom is -1.00 e. The Kier molecular flexibility index (Phi) is 13.5. The van der Waals surface area contributed by atoms with E-state index in [0.717, 1.165) is 63.0 Å². The van der Waals surface area contributed by atoms with Crippen molar-refractivity contribution in [3.63, 3.8) is 0 Å². The number of amides is 2. The molecule has 3 fully saturated rings. The Balaban J connectivity index is 0.00000300. The SMILES string of the molecule is CC(CBr)C(=O)N1CC[N+]2(CC1)CC[N+]1(CCN(C(=O)C(C)CBr)CC1)CC2.O.[Cl-].[Cl-]. The summed E-state index contributed by atoms with van der Waals surface area (Å²) < 4.78 is 2.38. The van der Waals surface area contributed by atoms with Gasteiger partial charge in [0.15, 0.2) is 0 Å². The normalized spacial score (nSPS) is 23.7. The molecule has 7 nitrogen and oxygen atoms in total. The molecule has 2 atom stereocenters. The first-order chi connectivity index (χ1) is 13.3. The molecule has 0 saturated carbocycles. The second kappa shape index (κ2) is 13.3. The minimum absolute atomic E-state index is 0. The maximum atomic E-state index is 12.4. The van der Waals surface area contributed by atoms with Crippen molar-refractivity contribution < 1.29 is 48.8 Å². The van der Waals surface area contributed by atoms with Crippen molar-refractivity contribution in [3.8, 4) is 0 Å². The lowest BCUT2D eigenvalue weighted by atomic mass is 10.1. The molecule has 11 heteroatoms. The number of hydrogen-bond donors (Lipinski definition) is 0. The molecule has 0 aliphatic carbocycles. The highest BCUT2D eigenvalue weighted by atomic mass is 79.9. The average molecular weight is 613 g/mol. The van der Waals surface area contributed by atoms with Crippen LogP contribution in [0.1, 0.15) is 13.8 Å². The van der Waals surface area contributed by atoms with Crippen molar-refractivity contribution >= 4 is 43.7 Å². The number of alkyl halides is 2. The first kappa shape index (κ1) is 31.4. The van der Waals surface area contributed by atoms with E-state index in [1.165, 1.54) is 35.1 Å². The fourth-order valence-corrected chi connectivity index (χ4v) is 5.50. The molecular weight excluding hydrogens is 575 g/mol. The van der Waals surface area contributed by atoms with Crippen molar-refractivity contribution in [1.82, 2.24) is 9.80 Å². The third kappa shape index (κ3) is 7.17. The van der Waals surface area contributed by atoms with E-state index < -0.39 is 0 Å². The van der Waals surface area contributed by atoms with Crippen LogP contribution in [-0.2, 0) is 9.59 Å². The predicted octanol–water partition coefficient (Wildman–Crippen LogP) is -5.44. The van der Waals surface area contributed by atoms with E-state index in [9.17, 15) is 9.59 Å². The van der Waals surface area contributed by atoms with Gasteiger partial charge in [0.1, 0.15) is 26.2 Å². The number of carbonyl (C=O) groups is 2. The lowest BCUT2D eigenvalue weighted by Crippen LogP contribution is -3.00. The van der Waals surface area contributed by atoms with Gasteiger partial charge in [-0.15, -0.1) is 0 Å². The summed E-state index contributed by atoms with van der Waals surface area (Å²) >= 11 is 6.87. The highest BCUT2D eigenvalue weighted by molar-refractivity contribution is 9.09. The number of carbonyl (C=O) groups excluding carboxylic acids is 2. The van der Waals surface area contributed by atoms with Crippen LogP contribution in [0.5, 0.6) is 0 Å². The molecule has 3 heterocycles. The van der Waals surface area contributed by atoms with Crippen molar-refractivity contribution in [2.45, 2.75) is 13.8 Å². The number of halogens is 4. The van der Waals surface area contributed by atoms with E-state index in [2.05, 4.69) is 41.7 Å². The summed E-state index contributed by atoms with van der Waals surface area (Å²) in [7, 11) is 0. The van der Waals surface area contributed by atoms with Crippen LogP contribution in [0.2, 0.25) is 0 Å². The maximum Gasteiger partial charge on any atom is 0.226 e. The Bertz CT molecular complexity index is 525. The topological polar surface area (TPSA) is 72.1 Å². The molecule has 0 aromatic rings. The van der Waals surface area contributed by atoms with Gasteiger partial charge >= 0.3 is 0 Å². The number of quaternary nitrogens is 2. The summed E-state index contributed by atoms with van der Waals surface area (Å²) in [6.07, 6.45) is 0. The Hall–Kier alpha value is 0.360. The Morgan fingerprint density at radius 3 is 1.16 bits per heavy atom. The van der Waals surface area contributed by atoms with E-state index in [1.807, 2.05) is 13.8 Å². The average Bonchev–Trinajstić information content (AvgIpc) is 2.75. The van der Waals surface area contributed by atoms with Crippen LogP contribution >= 0.6 is 31.9 Å². The summed E-state index contributed by atoms with van der Waals surface area (Å²) in [5.41, 5.74) is 0. The van der Waals surface area contributed by atoms with Crippen molar-refractivity contribution in [2.24, 2.45) is 11.8 Å². The molecule has 184 valence electrons. The molecule has 31 heavy (non-hydrogen) atoms. The zero-order chi connectivity index (χ0) is 20.4. The van der Waals surface area contributed by atoms with E-state index in [4.69, 9.17) is 0 Å². The highest BCUT2D eigenvalue weighted by Gasteiger charge is 2.46. The summed E-state index contributed by atoms with van der Waals surface area (Å²) in [5.74, 6) is 0.753. The van der Waals surface area contributed by atoms with Gasteiger partial charge in [0, 0.05) is 22.5 Å². The third-order valence-corrected chi connectivity index (χ3v) is 9.35. The zero-order valence-corrected chi connectivity index (χ0v) is 23.4. The molecular formula is C20H38Br2Cl2N4O3. The summed E-state index contributed by atoms with van der Waals surface area (Å²) in [6, 6.07) is 0. The summed E-state index contributed by atoms with van der Waals surface area (Å²) in [6.45, 7) is 17.0. The van der Waals surface area contributed by atoms with Crippen LogP contribution in [0.15, 0.2) is 0 Å². The zero-order valence-electron chi connectivity index (χ0n) is 18.7. The van der Waals surface area contributed by atoms with Gasteiger partial charge in [0.25, 0.3) is 0 Å². The van der Waals surface area contributed by atoms with E-state index in [0.29, 0.717) is 11.8 Å². The maximum absolute atomic E-state index is 12.4. The molecule has 3 saturated heterocycles. The van der Waals surface area contributed by atoms with Crippen LogP contribution < -0.4 is 24.8 Å². The van der Waals surface area contributed by atoms with Gasteiger partial charge in [0.05, 0.1) is 52.4 Å². The highest BCUT2D eigenvalue weighted by Crippen LogP contribution is 2.25. The first-order valence-electron chi connectivity index (χ1n) is 10.7. The quantitative estimate of drug-likeness (QED) is 0.235. The van der Waals surface area contributed by atoms with Crippen LogP contribution in [0, 0.1) is 11.8 Å². The van der Waals surface area contributed by atoms with E-state index in [1.54, 1.807) is 0 Å². The second-order valence-corrected chi connectivity index (χ2v) is 10.5. The second-order valence-electron chi connectivity index (χ2n) is 9.23. The van der Waals surface area contributed by atoms with E-state index >= 15 is 0 Å². The first-order valence-corrected chi connectivity index (χ1v) is 13.0. The van der Waals surface area contributed by atoms with Crippen LogP contribution in [0.3, 0.4) is 0 Å². The van der Waals surface area contributed by atoms with Gasteiger partial charge in [-0.3, -0.25) is 9.59 Å². The van der Waals surface area contributed by atoms with Gasteiger partial charge < -0.3 is 49.1 Å². The van der Waals surface area contributed by atoms with Gasteiger partial charge in [0.2, 0.25) is 11.8 Å². The summed E-state index contributed by atoms with van der Waals surface area (Å²) in [5, 5.41) is 1.49. The number of hydrogen-bond acceptors (Lipinski definition) is 2. The molecule has 3 aliphatic rings. The van der Waals surface area contributed by atoms with Crippen molar-refractivity contribution in [2.75, 3.05) is 89.2 Å². The van der Waals surface area contributed by atoms with Gasteiger partial charge in [-0.25, -0.2) is 0 Å². The minimum atomic E-state index is 0. The Labute approximate surface area is 216 Å². The monoisotopic (exact) mass is 610 g/mol. The smallest absolute Gasteiger partial charge is 0.226 e. The third-order valence-electron chi connectivity index (χ3n) is 7.40. The molecule has 3 aliphatic heterocycles. The van der Waals surface area contributed by atoms with Crippen LogP contribution in [0.4, 0.5) is 0 Å². The van der Waals surface area contributed by atoms with Crippen LogP contribution in [0.25, 0.3) is 0 Å². The standard InChI is InChI=1S/C20H36Br2N4O2.2ClH.H2O/c1-17(15-21)19(27)23-3-7-25(8-4-23)11-13-26(14-12-25)9-5-24(6-10-26)20(28)18(2)16-22;;;/h17-18H,3-16H2,1-2H3;2*1H;1H2/q+2;;;/p-2. The summed E-state index contributed by atoms with van der Waals surface area (Å²) in [4.78, 5) is 29.0. The molecule has 0 aromatic carbocycles. The molecule has 0 bridgehead atoms. The predicted molar refractivity (Wildman–Crippen MR) is 122 cm³/mol. The van der Waals surface area contributed by atoms with Gasteiger partial charge in [-0.2, -0.15) is 0 Å².